The van der Waals surface area contributed by atoms with Crippen molar-refractivity contribution in [2.45, 2.75) is 6.92 Å². The van der Waals surface area contributed by atoms with Crippen molar-refractivity contribution in [2.75, 3.05) is 33.4 Å². The van der Waals surface area contributed by atoms with Crippen LogP contribution in [0.1, 0.15) is 16.1 Å². The summed E-state index contributed by atoms with van der Waals surface area (Å²) in [7, 11) is 1.66. The Morgan fingerprint density at radius 3 is 2.65 bits per heavy atom. The first-order valence-corrected chi connectivity index (χ1v) is 7.32. The van der Waals surface area contributed by atoms with Gasteiger partial charge in [-0.05, 0) is 19.1 Å². The van der Waals surface area contributed by atoms with Crippen LogP contribution in [0.2, 0.25) is 0 Å². The fourth-order valence-corrected chi connectivity index (χ4v) is 2.12. The zero-order valence-corrected chi connectivity index (χ0v) is 14.2. The number of rotatable bonds is 8. The van der Waals surface area contributed by atoms with E-state index in [2.05, 4.69) is 15.7 Å². The van der Waals surface area contributed by atoms with Crippen LogP contribution >= 0.6 is 12.4 Å². The van der Waals surface area contributed by atoms with Crippen molar-refractivity contribution >= 4 is 18.3 Å². The van der Waals surface area contributed by atoms with Crippen molar-refractivity contribution < 1.29 is 9.53 Å². The second-order valence-corrected chi connectivity index (χ2v) is 4.89. The minimum Gasteiger partial charge on any atom is -0.383 e. The molecule has 1 amide bonds. The molecule has 7 heteroatoms. The lowest BCUT2D eigenvalue weighted by Crippen LogP contribution is -2.33. The Bertz CT molecular complexity index is 601. The number of benzene rings is 1. The van der Waals surface area contributed by atoms with Crippen LogP contribution in [0.4, 0.5) is 0 Å². The average molecular weight is 339 g/mol. The van der Waals surface area contributed by atoms with Crippen molar-refractivity contribution in [2.24, 2.45) is 0 Å². The van der Waals surface area contributed by atoms with E-state index in [9.17, 15) is 4.79 Å². The number of methoxy groups -OCH3 is 1. The van der Waals surface area contributed by atoms with Gasteiger partial charge in [0.2, 0.25) is 0 Å². The van der Waals surface area contributed by atoms with Crippen LogP contribution in [0.5, 0.6) is 0 Å². The molecule has 2 rings (SSSR count). The molecule has 0 atom stereocenters. The van der Waals surface area contributed by atoms with Gasteiger partial charge in [0.15, 0.2) is 0 Å². The van der Waals surface area contributed by atoms with E-state index in [1.165, 1.54) is 0 Å². The number of hydrogen-bond acceptors (Lipinski definition) is 4. The predicted molar refractivity (Wildman–Crippen MR) is 92.6 cm³/mol. The second-order valence-electron chi connectivity index (χ2n) is 4.89. The molecule has 0 radical (unpaired) electrons. The lowest BCUT2D eigenvalue weighted by atomic mass is 10.2. The average Bonchev–Trinajstić information content (AvgIpc) is 2.93. The number of para-hydroxylation sites is 1. The van der Waals surface area contributed by atoms with E-state index in [0.29, 0.717) is 25.3 Å². The quantitative estimate of drug-likeness (QED) is 0.717. The molecular weight excluding hydrogens is 316 g/mol. The third-order valence-corrected chi connectivity index (χ3v) is 3.33. The lowest BCUT2D eigenvalue weighted by molar-refractivity contribution is 0.0953. The van der Waals surface area contributed by atoms with Crippen LogP contribution < -0.4 is 10.6 Å². The first-order valence-electron chi connectivity index (χ1n) is 7.32. The Morgan fingerprint density at radius 2 is 1.96 bits per heavy atom. The fraction of sp³-hybridized carbons (Fsp3) is 0.375. The highest BCUT2D eigenvalue weighted by molar-refractivity contribution is 5.95. The molecule has 0 aliphatic carbocycles. The van der Waals surface area contributed by atoms with Crippen LogP contribution in [0.15, 0.2) is 36.5 Å². The van der Waals surface area contributed by atoms with Crippen LogP contribution in [0, 0.1) is 6.92 Å². The lowest BCUT2D eigenvalue weighted by Gasteiger charge is -2.07. The molecule has 1 aromatic heterocycles. The zero-order valence-electron chi connectivity index (χ0n) is 13.4. The molecule has 23 heavy (non-hydrogen) atoms. The van der Waals surface area contributed by atoms with E-state index >= 15 is 0 Å². The van der Waals surface area contributed by atoms with Crippen molar-refractivity contribution in [3.05, 3.63) is 47.8 Å². The van der Waals surface area contributed by atoms with E-state index in [-0.39, 0.29) is 18.3 Å². The van der Waals surface area contributed by atoms with E-state index in [0.717, 1.165) is 17.9 Å². The smallest absolute Gasteiger partial charge is 0.254 e. The first-order chi connectivity index (χ1) is 10.7. The Morgan fingerprint density at radius 1 is 1.22 bits per heavy atom. The molecule has 0 aliphatic heterocycles. The highest BCUT2D eigenvalue weighted by atomic mass is 35.5. The molecule has 1 aromatic carbocycles. The number of carbonyl (C=O) groups is 1. The van der Waals surface area contributed by atoms with E-state index in [1.807, 2.05) is 37.3 Å². The Balaban J connectivity index is 0.00000264. The first kappa shape index (κ1) is 19.2. The number of carbonyl (C=O) groups excluding carboxylic acids is 1. The van der Waals surface area contributed by atoms with E-state index < -0.39 is 0 Å². The van der Waals surface area contributed by atoms with Gasteiger partial charge in [0.05, 0.1) is 29.7 Å². The van der Waals surface area contributed by atoms with Crippen LogP contribution in [-0.2, 0) is 4.74 Å². The molecule has 0 unspecified atom stereocenters. The molecule has 0 spiro atoms. The third-order valence-electron chi connectivity index (χ3n) is 3.33. The van der Waals surface area contributed by atoms with E-state index in [4.69, 9.17) is 4.74 Å². The minimum atomic E-state index is -0.103. The molecule has 2 aromatic rings. The molecule has 0 saturated carbocycles. The van der Waals surface area contributed by atoms with Crippen molar-refractivity contribution in [3.8, 4) is 5.69 Å². The number of halogens is 1. The van der Waals surface area contributed by atoms with Crippen molar-refractivity contribution in [3.63, 3.8) is 0 Å². The molecule has 0 bridgehead atoms. The minimum absolute atomic E-state index is 0. The summed E-state index contributed by atoms with van der Waals surface area (Å²) in [6.45, 7) is 4.61. The standard InChI is InChI=1S/C16H22N4O2.ClH/c1-13-15(16(21)18-9-8-17-10-11-22-2)12-19-20(13)14-6-4-3-5-7-14;/h3-7,12,17H,8-11H2,1-2H3,(H,18,21);1H. The molecule has 1 heterocycles. The van der Waals surface area contributed by atoms with Gasteiger partial charge < -0.3 is 15.4 Å². The van der Waals surface area contributed by atoms with Crippen molar-refractivity contribution in [1.29, 1.82) is 0 Å². The number of hydrogen-bond donors (Lipinski definition) is 2. The normalized spacial score (nSPS) is 10.2. The SMILES string of the molecule is COCCNCCNC(=O)c1cnn(-c2ccccc2)c1C.Cl. The molecule has 0 aliphatic rings. The summed E-state index contributed by atoms with van der Waals surface area (Å²) in [5, 5.41) is 10.4. The van der Waals surface area contributed by atoms with Crippen LogP contribution in [-0.4, -0.2) is 49.0 Å². The number of nitrogens with one attached hydrogen (secondary N) is 2. The highest BCUT2D eigenvalue weighted by Gasteiger charge is 2.14. The number of amides is 1. The largest absolute Gasteiger partial charge is 0.383 e. The van der Waals surface area contributed by atoms with Crippen LogP contribution in [0.3, 0.4) is 0 Å². The summed E-state index contributed by atoms with van der Waals surface area (Å²) >= 11 is 0. The predicted octanol–water partition coefficient (Wildman–Crippen LogP) is 1.57. The summed E-state index contributed by atoms with van der Waals surface area (Å²) < 4.78 is 6.71. The molecule has 2 N–H and O–H groups in total. The van der Waals surface area contributed by atoms with Gasteiger partial charge in [-0.2, -0.15) is 5.10 Å². The van der Waals surface area contributed by atoms with Crippen molar-refractivity contribution in [1.82, 2.24) is 20.4 Å². The fourth-order valence-electron chi connectivity index (χ4n) is 2.12. The Hall–Kier alpha value is -1.89. The Kier molecular flexibility index (Phi) is 8.32. The number of nitrogens with zero attached hydrogens (tertiary/aromatic N) is 2. The molecule has 0 fully saturated rings. The maximum Gasteiger partial charge on any atom is 0.254 e. The van der Waals surface area contributed by atoms with Gasteiger partial charge >= 0.3 is 0 Å². The summed E-state index contributed by atoms with van der Waals surface area (Å²) in [5.74, 6) is -0.103. The second kappa shape index (κ2) is 9.99. The molecule has 6 nitrogen and oxygen atoms in total. The number of aromatic nitrogens is 2. The maximum absolute atomic E-state index is 12.2. The summed E-state index contributed by atoms with van der Waals surface area (Å²) in [6.07, 6.45) is 1.61. The van der Waals surface area contributed by atoms with Gasteiger partial charge in [0.1, 0.15) is 0 Å². The maximum atomic E-state index is 12.2. The third kappa shape index (κ3) is 5.35. The van der Waals surface area contributed by atoms with Gasteiger partial charge in [-0.15, -0.1) is 12.4 Å². The van der Waals surface area contributed by atoms with E-state index in [1.54, 1.807) is 18.0 Å². The monoisotopic (exact) mass is 338 g/mol. The molecule has 126 valence electrons. The summed E-state index contributed by atoms with van der Waals surface area (Å²) in [6, 6.07) is 9.76. The Labute approximate surface area is 142 Å². The van der Waals surface area contributed by atoms with Gasteiger partial charge in [-0.1, -0.05) is 18.2 Å². The van der Waals surface area contributed by atoms with Gasteiger partial charge in [-0.25, -0.2) is 4.68 Å². The van der Waals surface area contributed by atoms with Gasteiger partial charge in [0, 0.05) is 26.7 Å². The number of ether oxygens (including phenoxy) is 1. The molecule has 0 saturated heterocycles. The zero-order chi connectivity index (χ0) is 15.8. The van der Waals surface area contributed by atoms with Gasteiger partial charge in [0.25, 0.3) is 5.91 Å². The van der Waals surface area contributed by atoms with Crippen LogP contribution in [0.25, 0.3) is 5.69 Å². The highest BCUT2D eigenvalue weighted by Crippen LogP contribution is 2.13. The van der Waals surface area contributed by atoms with Gasteiger partial charge in [-0.3, -0.25) is 4.79 Å². The topological polar surface area (TPSA) is 68.2 Å². The molecular formula is C16H23ClN4O2. The summed E-state index contributed by atoms with van der Waals surface area (Å²) in [5.41, 5.74) is 2.37. The summed E-state index contributed by atoms with van der Waals surface area (Å²) in [4.78, 5) is 12.2.